The molecule has 1 saturated heterocycles. The second-order valence-corrected chi connectivity index (χ2v) is 5.80. The zero-order valence-electron chi connectivity index (χ0n) is 11.6. The fraction of sp³-hybridized carbons (Fsp3) is 0.562. The molecule has 0 aliphatic carbocycles. The van der Waals surface area contributed by atoms with Crippen LogP contribution in [0.3, 0.4) is 0 Å². The first-order valence-electron chi connectivity index (χ1n) is 7.03. The molecule has 0 saturated carbocycles. The van der Waals surface area contributed by atoms with Gasteiger partial charge in [-0.05, 0) is 37.8 Å². The fourth-order valence-corrected chi connectivity index (χ4v) is 2.95. The van der Waals surface area contributed by atoms with E-state index in [1.807, 2.05) is 37.3 Å². The largest absolute Gasteiger partial charge is 0.396 e. The van der Waals surface area contributed by atoms with Gasteiger partial charge in [0.2, 0.25) is 0 Å². The molecule has 2 unspecified atom stereocenters. The molecule has 0 amide bonds. The van der Waals surface area contributed by atoms with Gasteiger partial charge in [0.25, 0.3) is 0 Å². The summed E-state index contributed by atoms with van der Waals surface area (Å²) >= 11 is 0. The molecule has 1 heterocycles. The molecule has 1 N–H and O–H groups in total. The molecule has 1 aromatic rings. The Kier molecular flexibility index (Phi) is 4.72. The average Bonchev–Trinajstić information content (AvgIpc) is 2.87. The maximum absolute atomic E-state index is 11.6. The van der Waals surface area contributed by atoms with Crippen LogP contribution < -0.4 is 0 Å². The third kappa shape index (κ3) is 3.43. The summed E-state index contributed by atoms with van der Waals surface area (Å²) in [5.74, 6) is 0.580. The Morgan fingerprint density at radius 1 is 1.42 bits per heavy atom. The quantitative estimate of drug-likeness (QED) is 0.794. The Labute approximate surface area is 115 Å². The van der Waals surface area contributed by atoms with Crippen LogP contribution in [0.25, 0.3) is 0 Å². The van der Waals surface area contributed by atoms with Crippen LogP contribution in [0.2, 0.25) is 0 Å². The van der Waals surface area contributed by atoms with Gasteiger partial charge < -0.3 is 14.8 Å². The van der Waals surface area contributed by atoms with Gasteiger partial charge in [-0.25, -0.2) is 0 Å². The summed E-state index contributed by atoms with van der Waals surface area (Å²) in [6, 6.07) is 9.98. The van der Waals surface area contributed by atoms with E-state index in [4.69, 9.17) is 5.11 Å². The molecule has 3 nitrogen and oxygen atoms in total. The number of nitrogens with zero attached hydrogens (tertiary/aromatic N) is 1. The van der Waals surface area contributed by atoms with Crippen molar-refractivity contribution in [2.75, 3.05) is 26.2 Å². The van der Waals surface area contributed by atoms with Gasteiger partial charge in [-0.1, -0.05) is 30.3 Å². The molecule has 1 aliphatic rings. The predicted molar refractivity (Wildman–Crippen MR) is 76.1 cm³/mol. The van der Waals surface area contributed by atoms with Gasteiger partial charge in [0.15, 0.2) is 0 Å². The minimum atomic E-state index is -0.435. The first kappa shape index (κ1) is 14.2. The van der Waals surface area contributed by atoms with E-state index in [1.54, 1.807) is 0 Å². The topological polar surface area (TPSA) is 40.5 Å². The third-order valence-electron chi connectivity index (χ3n) is 4.15. The predicted octanol–water partition coefficient (Wildman–Crippen LogP) is 1.85. The van der Waals surface area contributed by atoms with Crippen LogP contribution in [0.15, 0.2) is 30.3 Å². The van der Waals surface area contributed by atoms with E-state index < -0.39 is 5.41 Å². The van der Waals surface area contributed by atoms with E-state index in [0.29, 0.717) is 5.92 Å². The highest BCUT2D eigenvalue weighted by atomic mass is 16.3. The average molecular weight is 261 g/mol. The number of hydrogen-bond acceptors (Lipinski definition) is 3. The molecule has 104 valence electrons. The number of carbonyl (C=O) groups is 1. The summed E-state index contributed by atoms with van der Waals surface area (Å²) in [6.45, 7) is 5.07. The molecule has 19 heavy (non-hydrogen) atoms. The zero-order valence-corrected chi connectivity index (χ0v) is 11.6. The van der Waals surface area contributed by atoms with Crippen LogP contribution in [-0.4, -0.2) is 42.5 Å². The molecule has 0 spiro atoms. The summed E-state index contributed by atoms with van der Waals surface area (Å²) in [7, 11) is 0. The number of rotatable bonds is 6. The SMILES string of the molecule is CC(C=O)(CN1CCC(CCO)C1)c1ccccc1. The van der Waals surface area contributed by atoms with Gasteiger partial charge in [-0.15, -0.1) is 0 Å². The first-order chi connectivity index (χ1) is 9.18. The van der Waals surface area contributed by atoms with Crippen molar-refractivity contribution >= 4 is 6.29 Å². The Bertz CT molecular complexity index is 406. The highest BCUT2D eigenvalue weighted by molar-refractivity contribution is 5.68. The number of aliphatic hydroxyl groups is 1. The molecule has 2 rings (SSSR count). The molecular formula is C16H23NO2. The van der Waals surface area contributed by atoms with Crippen LogP contribution >= 0.6 is 0 Å². The maximum Gasteiger partial charge on any atom is 0.131 e. The minimum absolute atomic E-state index is 0.266. The Hall–Kier alpha value is -1.19. The van der Waals surface area contributed by atoms with Crippen molar-refractivity contribution in [3.63, 3.8) is 0 Å². The van der Waals surface area contributed by atoms with E-state index in [-0.39, 0.29) is 6.61 Å². The molecule has 1 aliphatic heterocycles. The van der Waals surface area contributed by atoms with E-state index in [2.05, 4.69) is 4.90 Å². The van der Waals surface area contributed by atoms with Crippen LogP contribution in [-0.2, 0) is 10.2 Å². The Balaban J connectivity index is 2.02. The van der Waals surface area contributed by atoms with Gasteiger partial charge in [-0.3, -0.25) is 0 Å². The van der Waals surface area contributed by atoms with Crippen molar-refractivity contribution in [2.24, 2.45) is 5.92 Å². The van der Waals surface area contributed by atoms with E-state index >= 15 is 0 Å². The number of hydrogen-bond donors (Lipinski definition) is 1. The second-order valence-electron chi connectivity index (χ2n) is 5.80. The number of benzene rings is 1. The minimum Gasteiger partial charge on any atom is -0.396 e. The molecule has 0 bridgehead atoms. The van der Waals surface area contributed by atoms with Crippen LogP contribution in [0, 0.1) is 5.92 Å². The maximum atomic E-state index is 11.6. The van der Waals surface area contributed by atoms with Crippen molar-refractivity contribution in [2.45, 2.75) is 25.2 Å². The lowest BCUT2D eigenvalue weighted by atomic mass is 9.83. The lowest BCUT2D eigenvalue weighted by Gasteiger charge is -2.29. The highest BCUT2D eigenvalue weighted by Gasteiger charge is 2.32. The number of aldehydes is 1. The van der Waals surface area contributed by atoms with E-state index in [9.17, 15) is 4.79 Å². The van der Waals surface area contributed by atoms with Gasteiger partial charge in [0.05, 0.1) is 5.41 Å². The van der Waals surface area contributed by atoms with E-state index in [1.165, 1.54) is 0 Å². The zero-order chi connectivity index (χ0) is 13.7. The molecule has 0 radical (unpaired) electrons. The standard InChI is InChI=1S/C16H23NO2/c1-16(13-19,15-5-3-2-4-6-15)12-17-9-7-14(11-17)8-10-18/h2-6,13-14,18H,7-12H2,1H3. The van der Waals surface area contributed by atoms with Crippen LogP contribution in [0.5, 0.6) is 0 Å². The van der Waals surface area contributed by atoms with Crippen molar-refractivity contribution in [3.05, 3.63) is 35.9 Å². The molecule has 0 aromatic heterocycles. The summed E-state index contributed by atoms with van der Waals surface area (Å²) in [6.07, 6.45) is 3.08. The van der Waals surface area contributed by atoms with E-state index in [0.717, 1.165) is 44.3 Å². The van der Waals surface area contributed by atoms with Crippen LogP contribution in [0.4, 0.5) is 0 Å². The normalized spacial score (nSPS) is 23.2. The van der Waals surface area contributed by atoms with Crippen molar-refractivity contribution < 1.29 is 9.90 Å². The third-order valence-corrected chi connectivity index (χ3v) is 4.15. The number of likely N-dealkylation sites (tertiary alicyclic amines) is 1. The van der Waals surface area contributed by atoms with Gasteiger partial charge >= 0.3 is 0 Å². The lowest BCUT2D eigenvalue weighted by molar-refractivity contribution is -0.112. The first-order valence-corrected chi connectivity index (χ1v) is 7.03. The van der Waals surface area contributed by atoms with Gasteiger partial charge in [0.1, 0.15) is 6.29 Å². The Morgan fingerprint density at radius 2 is 2.16 bits per heavy atom. The van der Waals surface area contributed by atoms with Crippen LogP contribution in [0.1, 0.15) is 25.3 Å². The van der Waals surface area contributed by atoms with Crippen molar-refractivity contribution in [1.82, 2.24) is 4.90 Å². The van der Waals surface area contributed by atoms with Crippen molar-refractivity contribution in [3.8, 4) is 0 Å². The molecule has 3 heteroatoms. The lowest BCUT2D eigenvalue weighted by Crippen LogP contribution is -2.39. The summed E-state index contributed by atoms with van der Waals surface area (Å²) < 4.78 is 0. The number of aliphatic hydroxyl groups excluding tert-OH is 1. The molecule has 1 aromatic carbocycles. The number of carbonyl (C=O) groups excluding carboxylic acids is 1. The summed E-state index contributed by atoms with van der Waals surface area (Å²) in [5.41, 5.74) is 0.644. The Morgan fingerprint density at radius 3 is 2.79 bits per heavy atom. The summed E-state index contributed by atoms with van der Waals surface area (Å²) in [5, 5.41) is 8.99. The fourth-order valence-electron chi connectivity index (χ4n) is 2.95. The van der Waals surface area contributed by atoms with Crippen molar-refractivity contribution in [1.29, 1.82) is 0 Å². The highest BCUT2D eigenvalue weighted by Crippen LogP contribution is 2.27. The van der Waals surface area contributed by atoms with Gasteiger partial charge in [-0.2, -0.15) is 0 Å². The van der Waals surface area contributed by atoms with Gasteiger partial charge in [0, 0.05) is 19.7 Å². The summed E-state index contributed by atoms with van der Waals surface area (Å²) in [4.78, 5) is 13.9. The molecular weight excluding hydrogens is 238 g/mol. The second kappa shape index (κ2) is 6.31. The molecule has 1 fully saturated rings. The molecule has 2 atom stereocenters. The monoisotopic (exact) mass is 261 g/mol. The smallest absolute Gasteiger partial charge is 0.131 e.